The van der Waals surface area contributed by atoms with E-state index in [4.69, 9.17) is 10.2 Å². The maximum Gasteiger partial charge on any atom is 0.198 e. The third kappa shape index (κ3) is 2.33. The van der Waals surface area contributed by atoms with Crippen LogP contribution in [0, 0.1) is 6.92 Å². The summed E-state index contributed by atoms with van der Waals surface area (Å²) in [5, 5.41) is 0. The number of aryl methyl sites for hydroxylation is 1. The normalized spacial score (nSPS) is 10.6. The minimum Gasteiger partial charge on any atom is -0.458 e. The standard InChI is InChI=1S/C15H13N3O/c1-10-7-8-13(19-10)15-17-12(9-14(16)18-15)11-5-3-2-4-6-11/h2-9H,1H3,(H2,16,17,18). The number of rotatable bonds is 2. The molecule has 19 heavy (non-hydrogen) atoms. The van der Waals surface area contributed by atoms with Crippen molar-refractivity contribution in [3.8, 4) is 22.8 Å². The van der Waals surface area contributed by atoms with Crippen molar-refractivity contribution in [1.82, 2.24) is 9.97 Å². The Morgan fingerprint density at radius 3 is 2.47 bits per heavy atom. The summed E-state index contributed by atoms with van der Waals surface area (Å²) in [6.45, 7) is 1.88. The first-order chi connectivity index (χ1) is 9.22. The van der Waals surface area contributed by atoms with Gasteiger partial charge in [-0.25, -0.2) is 9.97 Å². The minimum atomic E-state index is 0.429. The molecule has 94 valence electrons. The first-order valence-electron chi connectivity index (χ1n) is 5.99. The van der Waals surface area contributed by atoms with Gasteiger partial charge in [0.2, 0.25) is 0 Å². The van der Waals surface area contributed by atoms with Gasteiger partial charge in [-0.3, -0.25) is 0 Å². The number of benzene rings is 1. The number of anilines is 1. The maximum absolute atomic E-state index is 5.85. The molecule has 0 radical (unpaired) electrons. The second-order valence-corrected chi connectivity index (χ2v) is 4.28. The molecule has 0 amide bonds. The summed E-state index contributed by atoms with van der Waals surface area (Å²) >= 11 is 0. The fourth-order valence-corrected chi connectivity index (χ4v) is 1.89. The van der Waals surface area contributed by atoms with Crippen LogP contribution in [0.3, 0.4) is 0 Å². The van der Waals surface area contributed by atoms with Gasteiger partial charge in [0.25, 0.3) is 0 Å². The summed E-state index contributed by atoms with van der Waals surface area (Å²) in [6.07, 6.45) is 0. The second-order valence-electron chi connectivity index (χ2n) is 4.28. The summed E-state index contributed by atoms with van der Waals surface area (Å²) < 4.78 is 5.53. The van der Waals surface area contributed by atoms with Gasteiger partial charge < -0.3 is 10.2 Å². The Morgan fingerprint density at radius 1 is 1.00 bits per heavy atom. The van der Waals surface area contributed by atoms with E-state index < -0.39 is 0 Å². The van der Waals surface area contributed by atoms with Crippen molar-refractivity contribution in [2.24, 2.45) is 0 Å². The van der Waals surface area contributed by atoms with Gasteiger partial charge in [0.05, 0.1) is 5.69 Å². The molecule has 1 aromatic carbocycles. The van der Waals surface area contributed by atoms with E-state index in [0.717, 1.165) is 17.0 Å². The van der Waals surface area contributed by atoms with Crippen LogP contribution in [0.2, 0.25) is 0 Å². The van der Waals surface area contributed by atoms with E-state index in [2.05, 4.69) is 9.97 Å². The van der Waals surface area contributed by atoms with Gasteiger partial charge in [-0.15, -0.1) is 0 Å². The van der Waals surface area contributed by atoms with Crippen molar-refractivity contribution in [1.29, 1.82) is 0 Å². The fourth-order valence-electron chi connectivity index (χ4n) is 1.89. The van der Waals surface area contributed by atoms with Crippen LogP contribution in [0.15, 0.2) is 52.9 Å². The first kappa shape index (κ1) is 11.5. The maximum atomic E-state index is 5.85. The number of aromatic nitrogens is 2. The van der Waals surface area contributed by atoms with Crippen LogP contribution in [-0.2, 0) is 0 Å². The minimum absolute atomic E-state index is 0.429. The van der Waals surface area contributed by atoms with E-state index >= 15 is 0 Å². The van der Waals surface area contributed by atoms with Crippen LogP contribution < -0.4 is 5.73 Å². The zero-order valence-electron chi connectivity index (χ0n) is 10.5. The number of nitrogens with two attached hydrogens (primary N) is 1. The van der Waals surface area contributed by atoms with Crippen molar-refractivity contribution in [3.05, 3.63) is 54.3 Å². The lowest BCUT2D eigenvalue weighted by Gasteiger charge is -2.04. The largest absolute Gasteiger partial charge is 0.458 e. The molecule has 2 heterocycles. The van der Waals surface area contributed by atoms with E-state index in [-0.39, 0.29) is 0 Å². The molecule has 0 unspecified atom stereocenters. The number of hydrogen-bond donors (Lipinski definition) is 1. The molecule has 3 rings (SSSR count). The molecule has 3 aromatic rings. The topological polar surface area (TPSA) is 64.9 Å². The second kappa shape index (κ2) is 4.57. The quantitative estimate of drug-likeness (QED) is 0.759. The van der Waals surface area contributed by atoms with Crippen LogP contribution >= 0.6 is 0 Å². The summed E-state index contributed by atoms with van der Waals surface area (Å²) in [4.78, 5) is 8.72. The van der Waals surface area contributed by atoms with Crippen LogP contribution in [0.25, 0.3) is 22.8 Å². The third-order valence-corrected chi connectivity index (χ3v) is 2.78. The van der Waals surface area contributed by atoms with Crippen molar-refractivity contribution < 1.29 is 4.42 Å². The molecular weight excluding hydrogens is 238 g/mol. The van der Waals surface area contributed by atoms with Gasteiger partial charge in [0, 0.05) is 11.6 Å². The first-order valence-corrected chi connectivity index (χ1v) is 5.99. The van der Waals surface area contributed by atoms with Gasteiger partial charge in [0.1, 0.15) is 11.6 Å². The van der Waals surface area contributed by atoms with Gasteiger partial charge in [-0.2, -0.15) is 0 Å². The zero-order valence-corrected chi connectivity index (χ0v) is 10.5. The highest BCUT2D eigenvalue weighted by atomic mass is 16.3. The lowest BCUT2D eigenvalue weighted by Crippen LogP contribution is -1.97. The molecule has 0 aliphatic heterocycles. The molecule has 2 aromatic heterocycles. The molecule has 0 aliphatic rings. The molecule has 4 heteroatoms. The predicted molar refractivity (Wildman–Crippen MR) is 74.3 cm³/mol. The van der Waals surface area contributed by atoms with Crippen LogP contribution in [0.4, 0.5) is 5.82 Å². The van der Waals surface area contributed by atoms with Crippen molar-refractivity contribution in [2.75, 3.05) is 5.73 Å². The molecule has 2 N–H and O–H groups in total. The average Bonchev–Trinajstić information content (AvgIpc) is 2.86. The molecular formula is C15H13N3O. The molecule has 0 saturated heterocycles. The summed E-state index contributed by atoms with van der Waals surface area (Å²) in [5.74, 6) is 2.38. The van der Waals surface area contributed by atoms with E-state index in [9.17, 15) is 0 Å². The number of furan rings is 1. The van der Waals surface area contributed by atoms with Crippen molar-refractivity contribution >= 4 is 5.82 Å². The van der Waals surface area contributed by atoms with E-state index in [0.29, 0.717) is 17.4 Å². The van der Waals surface area contributed by atoms with Crippen molar-refractivity contribution in [3.63, 3.8) is 0 Å². The summed E-state index contributed by atoms with van der Waals surface area (Å²) in [7, 11) is 0. The van der Waals surface area contributed by atoms with Gasteiger partial charge in [-0.1, -0.05) is 30.3 Å². The Labute approximate surface area is 110 Å². The molecule has 0 fully saturated rings. The molecule has 4 nitrogen and oxygen atoms in total. The Kier molecular flexibility index (Phi) is 2.76. The van der Waals surface area contributed by atoms with Crippen LogP contribution in [0.5, 0.6) is 0 Å². The SMILES string of the molecule is Cc1ccc(-c2nc(N)cc(-c3ccccc3)n2)o1. The van der Waals surface area contributed by atoms with Crippen LogP contribution in [0.1, 0.15) is 5.76 Å². The Hall–Kier alpha value is -2.62. The van der Waals surface area contributed by atoms with E-state index in [1.807, 2.05) is 49.4 Å². The molecule has 0 atom stereocenters. The fraction of sp³-hybridized carbons (Fsp3) is 0.0667. The zero-order chi connectivity index (χ0) is 13.2. The Balaban J connectivity index is 2.11. The number of nitrogen functional groups attached to an aromatic ring is 1. The highest BCUT2D eigenvalue weighted by Crippen LogP contribution is 2.24. The number of nitrogens with zero attached hydrogens (tertiary/aromatic N) is 2. The molecule has 0 saturated carbocycles. The summed E-state index contributed by atoms with van der Waals surface area (Å²) in [6, 6.07) is 15.3. The van der Waals surface area contributed by atoms with E-state index in [1.54, 1.807) is 6.07 Å². The highest BCUT2D eigenvalue weighted by molar-refractivity contribution is 5.65. The molecule has 0 aliphatic carbocycles. The van der Waals surface area contributed by atoms with Gasteiger partial charge >= 0.3 is 0 Å². The van der Waals surface area contributed by atoms with Gasteiger partial charge in [0.15, 0.2) is 11.6 Å². The lowest BCUT2D eigenvalue weighted by atomic mass is 10.1. The lowest BCUT2D eigenvalue weighted by molar-refractivity contribution is 0.544. The average molecular weight is 251 g/mol. The third-order valence-electron chi connectivity index (χ3n) is 2.78. The van der Waals surface area contributed by atoms with Crippen LogP contribution in [-0.4, -0.2) is 9.97 Å². The van der Waals surface area contributed by atoms with Gasteiger partial charge in [-0.05, 0) is 19.1 Å². The Bertz CT molecular complexity index is 704. The summed E-state index contributed by atoms with van der Waals surface area (Å²) in [5.41, 5.74) is 7.64. The monoisotopic (exact) mass is 251 g/mol. The molecule has 0 spiro atoms. The van der Waals surface area contributed by atoms with E-state index in [1.165, 1.54) is 0 Å². The van der Waals surface area contributed by atoms with Crippen molar-refractivity contribution in [2.45, 2.75) is 6.92 Å². The number of hydrogen-bond acceptors (Lipinski definition) is 4. The Morgan fingerprint density at radius 2 is 1.79 bits per heavy atom. The highest BCUT2D eigenvalue weighted by Gasteiger charge is 2.09. The smallest absolute Gasteiger partial charge is 0.198 e. The predicted octanol–water partition coefficient (Wildman–Crippen LogP) is 3.29. The molecule has 0 bridgehead atoms.